The fourth-order valence-electron chi connectivity index (χ4n) is 3.80. The first-order valence-corrected chi connectivity index (χ1v) is 14.5. The van der Waals surface area contributed by atoms with Gasteiger partial charge in [-0.3, -0.25) is 0 Å². The van der Waals surface area contributed by atoms with Gasteiger partial charge in [0.15, 0.2) is 0 Å². The van der Waals surface area contributed by atoms with Crippen molar-refractivity contribution in [1.29, 1.82) is 0 Å². The summed E-state index contributed by atoms with van der Waals surface area (Å²) in [6, 6.07) is 0. The summed E-state index contributed by atoms with van der Waals surface area (Å²) in [6.07, 6.45) is 23.0. The van der Waals surface area contributed by atoms with E-state index in [2.05, 4.69) is 29.4 Å². The molecule has 0 aromatic heterocycles. The van der Waals surface area contributed by atoms with Crippen molar-refractivity contribution in [1.82, 2.24) is 0 Å². The predicted molar refractivity (Wildman–Crippen MR) is 125 cm³/mol. The molecule has 0 rings (SSSR count). The first-order valence-electron chi connectivity index (χ1n) is 12.6. The van der Waals surface area contributed by atoms with E-state index in [1.165, 1.54) is 89.9 Å². The topological polar surface area (TPSA) is 63.6 Å². The van der Waals surface area contributed by atoms with Crippen LogP contribution in [0.2, 0.25) is 0 Å². The summed E-state index contributed by atoms with van der Waals surface area (Å²) in [7, 11) is -4.44. The fraction of sp³-hybridized carbons (Fsp3) is 0.958. The molecule has 0 aliphatic heterocycles. The van der Waals surface area contributed by atoms with Gasteiger partial charge in [0, 0.05) is 0 Å². The maximum absolute atomic E-state index is 11.2. The van der Waals surface area contributed by atoms with Gasteiger partial charge < -0.3 is 0 Å². The molecule has 0 radical (unpaired) electrons. The van der Waals surface area contributed by atoms with Crippen LogP contribution in [-0.2, 0) is 30.2 Å². The molecule has 0 spiro atoms. The number of rotatable bonds is 23. The van der Waals surface area contributed by atoms with E-state index in [4.69, 9.17) is 8.74 Å². The van der Waals surface area contributed by atoms with Crippen molar-refractivity contribution in [2.24, 2.45) is 0 Å². The molecule has 0 fully saturated rings. The second kappa shape index (κ2) is 21.1. The Morgan fingerprint density at radius 3 is 1.47 bits per heavy atom. The van der Waals surface area contributed by atoms with Crippen LogP contribution in [0.25, 0.3) is 0 Å². The second-order valence-electron chi connectivity index (χ2n) is 8.64. The third-order valence-corrected chi connectivity index (χ3v) is 6.77. The average Bonchev–Trinajstić information content (AvgIpc) is 2.69. The van der Waals surface area contributed by atoms with Crippen molar-refractivity contribution in [2.75, 3.05) is 0 Å². The van der Waals surface area contributed by atoms with Gasteiger partial charge in [0.1, 0.15) is 0 Å². The van der Waals surface area contributed by atoms with E-state index in [1.807, 2.05) is 0 Å². The van der Waals surface area contributed by atoms with Crippen LogP contribution in [0.4, 0.5) is 0 Å². The summed E-state index contributed by atoms with van der Waals surface area (Å²) in [5.74, 6) is 0. The minimum atomic E-state index is -4.44. The van der Waals surface area contributed by atoms with Crippen LogP contribution in [0.15, 0.2) is 0 Å². The van der Waals surface area contributed by atoms with Crippen LogP contribution in [-0.4, -0.2) is 23.5 Å². The Kier molecular flexibility index (Phi) is 21.3. The molecule has 1 unspecified atom stereocenters. The van der Waals surface area contributed by atoms with Crippen molar-refractivity contribution in [3.8, 4) is 0 Å². The van der Waals surface area contributed by atoms with Gasteiger partial charge in [-0.05, 0) is 0 Å². The molecule has 0 aliphatic carbocycles. The normalized spacial score (nSPS) is 12.9. The Labute approximate surface area is 195 Å². The Balaban J connectivity index is 3.95. The molecule has 0 saturated carbocycles. The summed E-state index contributed by atoms with van der Waals surface area (Å²) >= 11 is 4.06. The molecule has 0 amide bonds. The van der Waals surface area contributed by atoms with E-state index >= 15 is 0 Å². The standard InChI is InChI=1S/C24H48O4S.Fe/c1-3-5-7-9-11-13-15-17-19-21-23-24(28-29(25,26)27)22-20-18-16-14-12-10-8-6-4-2;/h24H,3-22H2,1-2H3,(H,25,26,27);. The third-order valence-electron chi connectivity index (χ3n) is 5.66. The van der Waals surface area contributed by atoms with Crippen LogP contribution in [0.3, 0.4) is 0 Å². The summed E-state index contributed by atoms with van der Waals surface area (Å²) in [6.45, 7) is 4.47. The molecule has 0 aromatic carbocycles. The quantitative estimate of drug-likeness (QED) is 0.0908. The van der Waals surface area contributed by atoms with Crippen molar-refractivity contribution < 1.29 is 32.7 Å². The summed E-state index contributed by atoms with van der Waals surface area (Å²) in [5.41, 5.74) is 0. The molecule has 0 aliphatic rings. The van der Waals surface area contributed by atoms with E-state index in [0.29, 0.717) is 6.42 Å². The van der Waals surface area contributed by atoms with Crippen molar-refractivity contribution in [3.63, 3.8) is 0 Å². The van der Waals surface area contributed by atoms with Crippen LogP contribution in [0.1, 0.15) is 142 Å². The van der Waals surface area contributed by atoms with Crippen molar-refractivity contribution in [2.45, 2.75) is 148 Å². The average molecular weight is 489 g/mol. The summed E-state index contributed by atoms with van der Waals surface area (Å²) in [5, 5.41) is 0. The van der Waals surface area contributed by atoms with Gasteiger partial charge in [-0.15, -0.1) is 0 Å². The van der Waals surface area contributed by atoms with E-state index in [9.17, 15) is 8.42 Å². The van der Waals surface area contributed by atoms with Gasteiger partial charge in [0.05, 0.1) is 0 Å². The molecule has 4 nitrogen and oxygen atoms in total. The van der Waals surface area contributed by atoms with Gasteiger partial charge in [0.2, 0.25) is 0 Å². The van der Waals surface area contributed by atoms with Gasteiger partial charge in [-0.2, -0.15) is 0 Å². The zero-order valence-electron chi connectivity index (χ0n) is 19.7. The third kappa shape index (κ3) is 21.5. The summed E-state index contributed by atoms with van der Waals surface area (Å²) < 4.78 is 37.3. The Morgan fingerprint density at radius 2 is 1.07 bits per heavy atom. The molecule has 6 heteroatoms. The molecule has 0 aromatic rings. The molecule has 0 saturated heterocycles. The van der Waals surface area contributed by atoms with Crippen LogP contribution >= 0.6 is 0 Å². The molecule has 1 atom stereocenters. The minimum absolute atomic E-state index is 0.585. The monoisotopic (exact) mass is 488 g/mol. The predicted octanol–water partition coefficient (Wildman–Crippen LogP) is 7.74. The van der Waals surface area contributed by atoms with E-state index in [-0.39, 0.29) is 0 Å². The van der Waals surface area contributed by atoms with Crippen LogP contribution < -0.4 is 0 Å². The Bertz CT molecular complexity index is 493. The van der Waals surface area contributed by atoms with Gasteiger partial charge in [0.25, 0.3) is 0 Å². The van der Waals surface area contributed by atoms with Crippen LogP contribution in [0, 0.1) is 0 Å². The SMILES string of the molecule is CCCCCCCCCCC[C](=[Fe])C(CCCCCCCCCCC)OS(=O)(=O)O. The molecule has 182 valence electrons. The molecule has 0 heterocycles. The first-order chi connectivity index (χ1) is 14.4. The second-order valence-corrected chi connectivity index (χ2v) is 10.4. The number of unbranched alkanes of at least 4 members (excludes halogenated alkanes) is 16. The van der Waals surface area contributed by atoms with Crippen molar-refractivity contribution >= 4 is 14.8 Å². The van der Waals surface area contributed by atoms with E-state index in [0.717, 1.165) is 36.5 Å². The van der Waals surface area contributed by atoms with Gasteiger partial charge >= 0.3 is 189 Å². The maximum atomic E-state index is 11.2. The molecule has 1 N–H and O–H groups in total. The molecular formula is C24H48FeO4S. The molecule has 30 heavy (non-hydrogen) atoms. The van der Waals surface area contributed by atoms with Gasteiger partial charge in [-0.25, -0.2) is 0 Å². The number of hydrogen-bond acceptors (Lipinski definition) is 3. The van der Waals surface area contributed by atoms with Gasteiger partial charge in [-0.1, -0.05) is 6.92 Å². The zero-order chi connectivity index (χ0) is 22.5. The van der Waals surface area contributed by atoms with Crippen molar-refractivity contribution in [3.05, 3.63) is 0 Å². The Hall–Kier alpha value is 0.259. The Morgan fingerprint density at radius 1 is 0.700 bits per heavy atom. The zero-order valence-corrected chi connectivity index (χ0v) is 21.6. The van der Waals surface area contributed by atoms with E-state index < -0.39 is 16.5 Å². The van der Waals surface area contributed by atoms with E-state index in [1.54, 1.807) is 0 Å². The molecule has 0 bridgehead atoms. The number of hydrogen-bond donors (Lipinski definition) is 1. The molecular weight excluding hydrogens is 440 g/mol. The van der Waals surface area contributed by atoms with Crippen LogP contribution in [0.5, 0.6) is 0 Å². The summed E-state index contributed by atoms with van der Waals surface area (Å²) in [4.78, 5) is 0. The fourth-order valence-corrected chi connectivity index (χ4v) is 4.81. The first kappa shape index (κ1) is 30.3.